The minimum Gasteiger partial charge on any atom is -0.484 e. The second kappa shape index (κ2) is 6.74. The fraction of sp³-hybridized carbons (Fsp3) is 0.267. The zero-order chi connectivity index (χ0) is 16.2. The number of thioether (sulfide) groups is 1. The van der Waals surface area contributed by atoms with Gasteiger partial charge in [-0.05, 0) is 18.2 Å². The molecule has 0 radical (unpaired) electrons. The van der Waals surface area contributed by atoms with E-state index in [9.17, 15) is 14.4 Å². The third-order valence-electron chi connectivity index (χ3n) is 3.31. The molecule has 23 heavy (non-hydrogen) atoms. The van der Waals surface area contributed by atoms with Gasteiger partial charge in [0.1, 0.15) is 11.4 Å². The van der Waals surface area contributed by atoms with Crippen LogP contribution < -0.4 is 10.2 Å². The van der Waals surface area contributed by atoms with Crippen LogP contribution in [0, 0.1) is 0 Å². The summed E-state index contributed by atoms with van der Waals surface area (Å²) in [5.74, 6) is -0.306. The van der Waals surface area contributed by atoms with E-state index in [4.69, 9.17) is 9.57 Å². The van der Waals surface area contributed by atoms with Crippen LogP contribution in [0.25, 0.3) is 0 Å². The van der Waals surface area contributed by atoms with Crippen LogP contribution in [0.4, 0.5) is 0 Å². The van der Waals surface area contributed by atoms with Crippen molar-refractivity contribution in [3.8, 4) is 5.75 Å². The number of hydroxylamine groups is 1. The maximum atomic E-state index is 12.0. The Hall–Kier alpha value is -2.48. The number of benzene rings is 1. The predicted octanol–water partition coefficient (Wildman–Crippen LogP) is 0.829. The van der Waals surface area contributed by atoms with Crippen molar-refractivity contribution in [2.45, 2.75) is 11.8 Å². The molecular weight excluding hydrogens is 320 g/mol. The molecule has 2 amide bonds. The molecule has 1 aromatic rings. The van der Waals surface area contributed by atoms with Crippen LogP contribution in [0.5, 0.6) is 5.75 Å². The maximum absolute atomic E-state index is 12.0. The minimum atomic E-state index is -0.753. The molecule has 0 spiro atoms. The molecule has 0 bridgehead atoms. The van der Waals surface area contributed by atoms with Gasteiger partial charge >= 0.3 is 5.97 Å². The van der Waals surface area contributed by atoms with E-state index in [2.05, 4.69) is 0 Å². The van der Waals surface area contributed by atoms with Crippen LogP contribution in [0.1, 0.15) is 6.42 Å². The highest BCUT2D eigenvalue weighted by atomic mass is 32.2. The van der Waals surface area contributed by atoms with Crippen LogP contribution >= 0.6 is 11.8 Å². The average molecular weight is 334 g/mol. The van der Waals surface area contributed by atoms with Crippen LogP contribution in [0.2, 0.25) is 0 Å². The fourth-order valence-corrected chi connectivity index (χ4v) is 3.30. The highest BCUT2D eigenvalue weighted by Crippen LogP contribution is 2.37. The summed E-state index contributed by atoms with van der Waals surface area (Å²) in [6.45, 7) is -0.280. The molecule has 2 heterocycles. The van der Waals surface area contributed by atoms with Crippen LogP contribution in [-0.4, -0.2) is 40.4 Å². The van der Waals surface area contributed by atoms with Gasteiger partial charge in [0.15, 0.2) is 6.61 Å². The molecule has 0 saturated carbocycles. The number of ether oxygens (including phenoxy) is 1. The van der Waals surface area contributed by atoms with Crippen molar-refractivity contribution < 1.29 is 24.0 Å². The normalized spacial score (nSPS) is 19.1. The van der Waals surface area contributed by atoms with E-state index in [-0.39, 0.29) is 23.6 Å². The molecule has 2 aliphatic heterocycles. The Kier molecular flexibility index (Phi) is 4.52. The summed E-state index contributed by atoms with van der Waals surface area (Å²) >= 11 is 1.58. The lowest BCUT2D eigenvalue weighted by Crippen LogP contribution is -2.53. The molecule has 1 saturated heterocycles. The summed E-state index contributed by atoms with van der Waals surface area (Å²) in [6.07, 6.45) is 2.04. The number of para-hydroxylation sites is 1. The van der Waals surface area contributed by atoms with E-state index in [0.717, 1.165) is 0 Å². The summed E-state index contributed by atoms with van der Waals surface area (Å²) in [5.41, 5.74) is 2.20. The van der Waals surface area contributed by atoms with Crippen molar-refractivity contribution in [3.05, 3.63) is 42.1 Å². The third kappa shape index (κ3) is 3.48. The Balaban J connectivity index is 1.46. The fourth-order valence-electron chi connectivity index (χ4n) is 2.18. The number of rotatable bonds is 4. The maximum Gasteiger partial charge on any atom is 0.379 e. The van der Waals surface area contributed by atoms with E-state index in [1.807, 2.05) is 11.5 Å². The summed E-state index contributed by atoms with van der Waals surface area (Å²) in [7, 11) is 0. The first-order valence-electron chi connectivity index (χ1n) is 6.97. The molecule has 0 aliphatic carbocycles. The van der Waals surface area contributed by atoms with Crippen molar-refractivity contribution >= 4 is 29.5 Å². The number of carbonyl (C=O) groups is 3. The SMILES string of the molecule is O=C(COc1ccccc1)NOC(=O)C1=CCS[C@@H]2CC(=O)N12. The van der Waals surface area contributed by atoms with Gasteiger partial charge in [-0.3, -0.25) is 14.5 Å². The van der Waals surface area contributed by atoms with Crippen molar-refractivity contribution in [1.82, 2.24) is 10.4 Å². The lowest BCUT2D eigenvalue weighted by molar-refractivity contribution is -0.159. The van der Waals surface area contributed by atoms with Gasteiger partial charge in [-0.15, -0.1) is 11.8 Å². The Bertz CT molecular complexity index is 661. The number of hydrogen-bond donors (Lipinski definition) is 1. The van der Waals surface area contributed by atoms with E-state index < -0.39 is 11.9 Å². The standard InChI is InChI=1S/C15H14N2O5S/c18-12(9-21-10-4-2-1-3-5-10)16-22-15(20)11-6-7-23-14-8-13(19)17(11)14/h1-6,14H,7-9H2,(H,16,18)/t14-/m1/s1. The first-order valence-corrected chi connectivity index (χ1v) is 8.01. The van der Waals surface area contributed by atoms with E-state index in [1.54, 1.807) is 42.1 Å². The second-order valence-electron chi connectivity index (χ2n) is 4.86. The largest absolute Gasteiger partial charge is 0.484 e. The van der Waals surface area contributed by atoms with Crippen LogP contribution in [0.3, 0.4) is 0 Å². The molecule has 120 valence electrons. The summed E-state index contributed by atoms with van der Waals surface area (Å²) < 4.78 is 5.23. The summed E-state index contributed by atoms with van der Waals surface area (Å²) in [5, 5.41) is -0.00725. The van der Waals surface area contributed by atoms with Crippen molar-refractivity contribution in [2.75, 3.05) is 12.4 Å². The van der Waals surface area contributed by atoms with Crippen LogP contribution in [-0.2, 0) is 19.2 Å². The molecule has 2 aliphatic rings. The third-order valence-corrected chi connectivity index (χ3v) is 4.43. The number of hydrogen-bond acceptors (Lipinski definition) is 6. The highest BCUT2D eigenvalue weighted by molar-refractivity contribution is 8.00. The molecule has 0 aromatic heterocycles. The lowest BCUT2D eigenvalue weighted by atomic mass is 10.1. The van der Waals surface area contributed by atoms with Gasteiger partial charge in [-0.2, -0.15) is 5.48 Å². The number of amides is 2. The Morgan fingerprint density at radius 1 is 1.30 bits per heavy atom. The first-order chi connectivity index (χ1) is 11.1. The minimum absolute atomic E-state index is 0.00725. The molecule has 1 fully saturated rings. The molecule has 1 N–H and O–H groups in total. The monoisotopic (exact) mass is 334 g/mol. The molecule has 3 rings (SSSR count). The van der Waals surface area contributed by atoms with Crippen molar-refractivity contribution in [2.24, 2.45) is 0 Å². The average Bonchev–Trinajstić information content (AvgIpc) is 2.57. The van der Waals surface area contributed by atoms with Gasteiger partial charge in [0.2, 0.25) is 5.91 Å². The number of nitrogens with zero attached hydrogens (tertiary/aromatic N) is 1. The van der Waals surface area contributed by atoms with Gasteiger partial charge in [0.25, 0.3) is 5.91 Å². The predicted molar refractivity (Wildman–Crippen MR) is 82.0 cm³/mol. The first kappa shape index (κ1) is 15.4. The lowest BCUT2D eigenvalue weighted by Gasteiger charge is -2.42. The topological polar surface area (TPSA) is 84.9 Å². The van der Waals surface area contributed by atoms with Crippen LogP contribution in [0.15, 0.2) is 42.1 Å². The highest BCUT2D eigenvalue weighted by Gasteiger charge is 2.43. The molecular formula is C15H14N2O5S. The summed E-state index contributed by atoms with van der Waals surface area (Å²) in [6, 6.07) is 8.80. The smallest absolute Gasteiger partial charge is 0.379 e. The number of nitrogens with one attached hydrogen (secondary N) is 1. The Morgan fingerprint density at radius 2 is 2.09 bits per heavy atom. The number of β-lactam (4-membered cyclic amide) rings is 1. The van der Waals surface area contributed by atoms with Gasteiger partial charge < -0.3 is 9.57 Å². The van der Waals surface area contributed by atoms with Crippen molar-refractivity contribution in [3.63, 3.8) is 0 Å². The molecule has 1 aromatic carbocycles. The van der Waals surface area contributed by atoms with Gasteiger partial charge in [-0.1, -0.05) is 18.2 Å². The van der Waals surface area contributed by atoms with Crippen molar-refractivity contribution in [1.29, 1.82) is 0 Å². The Labute approximate surface area is 136 Å². The zero-order valence-electron chi connectivity index (χ0n) is 12.1. The van der Waals surface area contributed by atoms with Gasteiger partial charge in [0.05, 0.1) is 11.8 Å². The van der Waals surface area contributed by atoms with E-state index >= 15 is 0 Å². The van der Waals surface area contributed by atoms with Gasteiger partial charge in [0, 0.05) is 5.75 Å². The quantitative estimate of drug-likeness (QED) is 0.648. The molecule has 7 nitrogen and oxygen atoms in total. The number of fused-ring (bicyclic) bond motifs is 1. The zero-order valence-corrected chi connectivity index (χ0v) is 12.9. The second-order valence-corrected chi connectivity index (χ2v) is 6.07. The van der Waals surface area contributed by atoms with E-state index in [0.29, 0.717) is 17.9 Å². The Morgan fingerprint density at radius 3 is 2.83 bits per heavy atom. The molecule has 1 atom stereocenters. The molecule has 0 unspecified atom stereocenters. The van der Waals surface area contributed by atoms with Gasteiger partial charge in [-0.25, -0.2) is 4.79 Å². The molecule has 8 heteroatoms. The van der Waals surface area contributed by atoms with E-state index in [1.165, 1.54) is 4.90 Å². The number of carbonyl (C=O) groups excluding carboxylic acids is 3. The summed E-state index contributed by atoms with van der Waals surface area (Å²) in [4.78, 5) is 41.2.